The average molecular weight is 262 g/mol. The lowest BCUT2D eigenvalue weighted by Crippen LogP contribution is -2.25. The number of imidazole rings is 1. The number of benzene rings is 1. The summed E-state index contributed by atoms with van der Waals surface area (Å²) in [7, 11) is 2.09. The first-order valence-electron chi connectivity index (χ1n) is 6.78. The smallest absolute Gasteiger partial charge is 0.326 e. The highest BCUT2D eigenvalue weighted by Gasteiger charge is 2.05. The van der Waals surface area contributed by atoms with Gasteiger partial charge in [-0.25, -0.2) is 4.79 Å². The highest BCUT2D eigenvalue weighted by Crippen LogP contribution is 2.09. The molecule has 0 aliphatic carbocycles. The fourth-order valence-corrected chi connectivity index (χ4v) is 2.30. The molecule has 19 heavy (non-hydrogen) atoms. The summed E-state index contributed by atoms with van der Waals surface area (Å²) < 4.78 is 1.81. The summed E-state index contributed by atoms with van der Waals surface area (Å²) >= 11 is 0. The van der Waals surface area contributed by atoms with Crippen molar-refractivity contribution in [2.24, 2.45) is 5.73 Å². The van der Waals surface area contributed by atoms with Crippen molar-refractivity contribution < 1.29 is 0 Å². The zero-order valence-corrected chi connectivity index (χ0v) is 11.4. The Labute approximate surface area is 113 Å². The summed E-state index contributed by atoms with van der Waals surface area (Å²) in [6.45, 7) is 3.47. The minimum atomic E-state index is -0.0224. The first-order valence-corrected chi connectivity index (χ1v) is 6.78. The third-order valence-corrected chi connectivity index (χ3v) is 3.35. The number of hydrogen-bond donors (Lipinski definition) is 2. The van der Waals surface area contributed by atoms with Crippen molar-refractivity contribution in [1.82, 2.24) is 14.5 Å². The molecule has 0 amide bonds. The van der Waals surface area contributed by atoms with E-state index in [-0.39, 0.29) is 5.69 Å². The molecule has 0 aliphatic heterocycles. The van der Waals surface area contributed by atoms with Crippen molar-refractivity contribution in [2.75, 3.05) is 26.7 Å². The number of rotatable bonds is 7. The summed E-state index contributed by atoms with van der Waals surface area (Å²) in [6, 6.07) is 7.80. The zero-order chi connectivity index (χ0) is 13.7. The van der Waals surface area contributed by atoms with Crippen LogP contribution in [-0.2, 0) is 6.54 Å². The van der Waals surface area contributed by atoms with Crippen LogP contribution in [0.4, 0.5) is 0 Å². The molecule has 104 valence electrons. The van der Waals surface area contributed by atoms with Crippen LogP contribution >= 0.6 is 0 Å². The molecular weight excluding hydrogens is 240 g/mol. The van der Waals surface area contributed by atoms with Gasteiger partial charge in [-0.2, -0.15) is 0 Å². The lowest BCUT2D eigenvalue weighted by atomic mass is 10.3. The van der Waals surface area contributed by atoms with Crippen LogP contribution in [0.5, 0.6) is 0 Å². The molecule has 0 unspecified atom stereocenters. The Morgan fingerprint density at radius 3 is 2.79 bits per heavy atom. The van der Waals surface area contributed by atoms with Crippen molar-refractivity contribution in [2.45, 2.75) is 19.4 Å². The van der Waals surface area contributed by atoms with Crippen molar-refractivity contribution in [3.05, 3.63) is 34.7 Å². The number of fused-ring (bicyclic) bond motifs is 1. The monoisotopic (exact) mass is 262 g/mol. The minimum Gasteiger partial charge on any atom is -0.330 e. The van der Waals surface area contributed by atoms with E-state index < -0.39 is 0 Å². The number of aromatic nitrogens is 2. The second kappa shape index (κ2) is 6.54. The van der Waals surface area contributed by atoms with Crippen molar-refractivity contribution in [3.8, 4) is 0 Å². The molecule has 5 heteroatoms. The van der Waals surface area contributed by atoms with Gasteiger partial charge in [-0.1, -0.05) is 12.1 Å². The molecular formula is C14H22N4O. The van der Waals surface area contributed by atoms with Gasteiger partial charge in [-0.15, -0.1) is 0 Å². The topological polar surface area (TPSA) is 67.0 Å². The second-order valence-electron chi connectivity index (χ2n) is 4.90. The van der Waals surface area contributed by atoms with Crippen LogP contribution < -0.4 is 11.4 Å². The molecule has 2 rings (SSSR count). The number of nitrogens with two attached hydrogens (primary N) is 1. The summed E-state index contributed by atoms with van der Waals surface area (Å²) in [5.41, 5.74) is 7.36. The maximum absolute atomic E-state index is 11.9. The third kappa shape index (κ3) is 3.45. The molecule has 0 aliphatic rings. The van der Waals surface area contributed by atoms with Gasteiger partial charge in [-0.05, 0) is 51.7 Å². The van der Waals surface area contributed by atoms with E-state index in [0.717, 1.165) is 50.1 Å². The van der Waals surface area contributed by atoms with Gasteiger partial charge in [0.2, 0.25) is 0 Å². The van der Waals surface area contributed by atoms with Gasteiger partial charge in [-0.3, -0.25) is 4.57 Å². The van der Waals surface area contributed by atoms with Crippen LogP contribution in [-0.4, -0.2) is 41.1 Å². The lowest BCUT2D eigenvalue weighted by Gasteiger charge is -2.15. The molecule has 0 saturated heterocycles. The van der Waals surface area contributed by atoms with Gasteiger partial charge in [0.15, 0.2) is 0 Å². The van der Waals surface area contributed by atoms with E-state index in [0.29, 0.717) is 0 Å². The van der Waals surface area contributed by atoms with Gasteiger partial charge >= 0.3 is 5.69 Å². The van der Waals surface area contributed by atoms with Crippen LogP contribution in [0.15, 0.2) is 29.1 Å². The molecule has 0 fully saturated rings. The number of hydrogen-bond acceptors (Lipinski definition) is 3. The highest BCUT2D eigenvalue weighted by atomic mass is 16.1. The van der Waals surface area contributed by atoms with Crippen LogP contribution in [0.2, 0.25) is 0 Å². The summed E-state index contributed by atoms with van der Waals surface area (Å²) in [5, 5.41) is 0. The first-order chi connectivity index (χ1) is 9.22. The van der Waals surface area contributed by atoms with E-state index in [1.807, 2.05) is 28.8 Å². The lowest BCUT2D eigenvalue weighted by molar-refractivity contribution is 0.319. The van der Waals surface area contributed by atoms with E-state index in [9.17, 15) is 4.79 Å². The highest BCUT2D eigenvalue weighted by molar-refractivity contribution is 5.74. The molecule has 0 atom stereocenters. The number of H-pyrrole nitrogens is 1. The molecule has 3 N–H and O–H groups in total. The fourth-order valence-electron chi connectivity index (χ4n) is 2.30. The van der Waals surface area contributed by atoms with Crippen LogP contribution in [0.1, 0.15) is 12.8 Å². The second-order valence-corrected chi connectivity index (χ2v) is 4.90. The minimum absolute atomic E-state index is 0.0224. The maximum Gasteiger partial charge on any atom is 0.326 e. The largest absolute Gasteiger partial charge is 0.330 e. The molecule has 0 saturated carbocycles. The van der Waals surface area contributed by atoms with Gasteiger partial charge in [0.25, 0.3) is 0 Å². The van der Waals surface area contributed by atoms with Crippen LogP contribution in [0, 0.1) is 0 Å². The Balaban J connectivity index is 1.95. The Morgan fingerprint density at radius 2 is 2.00 bits per heavy atom. The Morgan fingerprint density at radius 1 is 1.26 bits per heavy atom. The zero-order valence-electron chi connectivity index (χ0n) is 11.4. The fraction of sp³-hybridized carbons (Fsp3) is 0.500. The third-order valence-electron chi connectivity index (χ3n) is 3.35. The maximum atomic E-state index is 11.9. The molecule has 1 aromatic heterocycles. The normalized spacial score (nSPS) is 11.5. The van der Waals surface area contributed by atoms with Gasteiger partial charge < -0.3 is 15.6 Å². The molecule has 0 bridgehead atoms. The van der Waals surface area contributed by atoms with Crippen molar-refractivity contribution in [3.63, 3.8) is 0 Å². The van der Waals surface area contributed by atoms with Crippen LogP contribution in [0.3, 0.4) is 0 Å². The van der Waals surface area contributed by atoms with Crippen molar-refractivity contribution in [1.29, 1.82) is 0 Å². The van der Waals surface area contributed by atoms with E-state index >= 15 is 0 Å². The number of nitrogens with one attached hydrogen (secondary N) is 1. The molecule has 0 spiro atoms. The summed E-state index contributed by atoms with van der Waals surface area (Å²) in [5.74, 6) is 0. The predicted octanol–water partition coefficient (Wildman–Crippen LogP) is 1.00. The van der Waals surface area contributed by atoms with Crippen molar-refractivity contribution >= 4 is 11.0 Å². The standard InChI is InChI=1S/C14H22N4O/c1-17(9-4-8-15)10-5-11-18-13-7-3-2-6-12(13)16-14(18)19/h2-3,6-7H,4-5,8-11,15H2,1H3,(H,16,19). The van der Waals surface area contributed by atoms with E-state index in [1.54, 1.807) is 0 Å². The average Bonchev–Trinajstić information content (AvgIpc) is 2.73. The molecule has 2 aromatic rings. The van der Waals surface area contributed by atoms with E-state index in [1.165, 1.54) is 0 Å². The number of para-hydroxylation sites is 2. The van der Waals surface area contributed by atoms with Gasteiger partial charge in [0.05, 0.1) is 11.0 Å². The first kappa shape index (κ1) is 13.8. The van der Waals surface area contributed by atoms with Gasteiger partial charge in [0.1, 0.15) is 0 Å². The Hall–Kier alpha value is -1.59. The SMILES string of the molecule is CN(CCCN)CCCn1c(=O)[nH]c2ccccc21. The molecule has 1 aromatic carbocycles. The summed E-state index contributed by atoms with van der Waals surface area (Å²) in [4.78, 5) is 17.0. The number of nitrogens with zero attached hydrogens (tertiary/aromatic N) is 2. The number of aromatic amines is 1. The quantitative estimate of drug-likeness (QED) is 0.782. The van der Waals surface area contributed by atoms with E-state index in [2.05, 4.69) is 16.9 Å². The Kier molecular flexibility index (Phi) is 4.76. The van der Waals surface area contributed by atoms with E-state index in [4.69, 9.17) is 5.73 Å². The molecule has 1 heterocycles. The number of aryl methyl sites for hydroxylation is 1. The van der Waals surface area contributed by atoms with Crippen LogP contribution in [0.25, 0.3) is 11.0 Å². The molecule has 5 nitrogen and oxygen atoms in total. The molecule has 0 radical (unpaired) electrons. The predicted molar refractivity (Wildman–Crippen MR) is 78.3 cm³/mol. The van der Waals surface area contributed by atoms with Gasteiger partial charge in [0, 0.05) is 6.54 Å². The summed E-state index contributed by atoms with van der Waals surface area (Å²) in [6.07, 6.45) is 1.98. The Bertz CT molecular complexity index is 572.